The molecular formula is C7H7F3O2. The number of hydrogen-bond donors (Lipinski definition) is 1. The first-order chi connectivity index (χ1) is 5.50. The average molecular weight is 180 g/mol. The maximum absolute atomic E-state index is 11.7. The molecule has 0 saturated heterocycles. The molecule has 1 heterocycles. The fraction of sp³-hybridized carbons (Fsp3) is 0.429. The van der Waals surface area contributed by atoms with E-state index in [1.807, 2.05) is 0 Å². The molecule has 0 unspecified atom stereocenters. The van der Waals surface area contributed by atoms with Gasteiger partial charge in [0.15, 0.2) is 6.10 Å². The van der Waals surface area contributed by atoms with Gasteiger partial charge in [-0.15, -0.1) is 0 Å². The first-order valence-corrected chi connectivity index (χ1v) is 3.27. The summed E-state index contributed by atoms with van der Waals surface area (Å²) in [6, 6.07) is 2.85. The van der Waals surface area contributed by atoms with Crippen LogP contribution in [0.4, 0.5) is 13.2 Å². The van der Waals surface area contributed by atoms with Crippen molar-refractivity contribution >= 4 is 0 Å². The van der Waals surface area contributed by atoms with E-state index in [1.165, 1.54) is 18.4 Å². The Kier molecular flexibility index (Phi) is 2.42. The van der Waals surface area contributed by atoms with Crippen molar-refractivity contribution in [1.82, 2.24) is 0 Å². The molecule has 0 amide bonds. The Hall–Kier alpha value is -0.970. The lowest BCUT2D eigenvalue weighted by Crippen LogP contribution is -2.30. The van der Waals surface area contributed by atoms with Gasteiger partial charge in [-0.3, -0.25) is 0 Å². The van der Waals surface area contributed by atoms with Gasteiger partial charge in [0.05, 0.1) is 6.26 Å². The maximum atomic E-state index is 11.7. The summed E-state index contributed by atoms with van der Waals surface area (Å²) in [5, 5.41) is 8.57. The summed E-state index contributed by atoms with van der Waals surface area (Å²) in [5.74, 6) is 0.125. The van der Waals surface area contributed by atoms with Gasteiger partial charge >= 0.3 is 6.18 Å². The lowest BCUT2D eigenvalue weighted by molar-refractivity contribution is -0.203. The SMILES string of the molecule is O[C@@H](Cc1ccco1)C(F)(F)F. The largest absolute Gasteiger partial charge is 0.469 e. The van der Waals surface area contributed by atoms with E-state index in [1.54, 1.807) is 0 Å². The van der Waals surface area contributed by atoms with Gasteiger partial charge in [-0.2, -0.15) is 13.2 Å². The Balaban J connectivity index is 2.53. The summed E-state index contributed by atoms with van der Waals surface area (Å²) in [7, 11) is 0. The van der Waals surface area contributed by atoms with Crippen LogP contribution in [0.5, 0.6) is 0 Å². The Labute approximate surface area is 66.6 Å². The Morgan fingerprint density at radius 1 is 1.50 bits per heavy atom. The van der Waals surface area contributed by atoms with Crippen molar-refractivity contribution in [2.75, 3.05) is 0 Å². The molecule has 0 aliphatic carbocycles. The Morgan fingerprint density at radius 2 is 2.17 bits per heavy atom. The van der Waals surface area contributed by atoms with E-state index in [9.17, 15) is 13.2 Å². The molecule has 12 heavy (non-hydrogen) atoms. The van der Waals surface area contributed by atoms with E-state index in [-0.39, 0.29) is 5.76 Å². The summed E-state index contributed by atoms with van der Waals surface area (Å²) >= 11 is 0. The highest BCUT2D eigenvalue weighted by atomic mass is 19.4. The number of rotatable bonds is 2. The molecule has 0 aliphatic heterocycles. The topological polar surface area (TPSA) is 33.4 Å². The lowest BCUT2D eigenvalue weighted by atomic mass is 10.2. The van der Waals surface area contributed by atoms with Gasteiger partial charge in [0.2, 0.25) is 0 Å². The van der Waals surface area contributed by atoms with Gasteiger partial charge in [0.25, 0.3) is 0 Å². The molecule has 68 valence electrons. The number of aliphatic hydroxyl groups is 1. The van der Waals surface area contributed by atoms with E-state index in [2.05, 4.69) is 4.42 Å². The monoisotopic (exact) mass is 180 g/mol. The quantitative estimate of drug-likeness (QED) is 0.752. The van der Waals surface area contributed by atoms with Gasteiger partial charge in [-0.1, -0.05) is 0 Å². The van der Waals surface area contributed by atoms with Crippen molar-refractivity contribution < 1.29 is 22.7 Å². The zero-order valence-corrected chi connectivity index (χ0v) is 6.01. The molecule has 0 saturated carbocycles. The van der Waals surface area contributed by atoms with Crippen molar-refractivity contribution in [1.29, 1.82) is 0 Å². The molecule has 5 heteroatoms. The van der Waals surface area contributed by atoms with E-state index >= 15 is 0 Å². The van der Waals surface area contributed by atoms with Crippen molar-refractivity contribution in [3.05, 3.63) is 24.2 Å². The van der Waals surface area contributed by atoms with E-state index < -0.39 is 18.7 Å². The first kappa shape index (κ1) is 9.12. The minimum Gasteiger partial charge on any atom is -0.469 e. The van der Waals surface area contributed by atoms with Gasteiger partial charge in [0, 0.05) is 6.42 Å². The fourth-order valence-corrected chi connectivity index (χ4v) is 0.735. The Bertz CT molecular complexity index is 227. The molecule has 0 fully saturated rings. The van der Waals surface area contributed by atoms with Crippen LogP contribution in [-0.2, 0) is 6.42 Å². The van der Waals surface area contributed by atoms with E-state index in [4.69, 9.17) is 5.11 Å². The van der Waals surface area contributed by atoms with Crippen LogP contribution < -0.4 is 0 Å². The van der Waals surface area contributed by atoms with Crippen LogP contribution in [0.15, 0.2) is 22.8 Å². The lowest BCUT2D eigenvalue weighted by Gasteiger charge is -2.12. The number of furan rings is 1. The second-order valence-electron chi connectivity index (χ2n) is 2.34. The molecule has 0 radical (unpaired) electrons. The van der Waals surface area contributed by atoms with Crippen molar-refractivity contribution in [2.24, 2.45) is 0 Å². The van der Waals surface area contributed by atoms with Gasteiger partial charge in [0.1, 0.15) is 5.76 Å². The summed E-state index contributed by atoms with van der Waals surface area (Å²) in [5.41, 5.74) is 0. The van der Waals surface area contributed by atoms with E-state index in [0.717, 1.165) is 0 Å². The normalized spacial score (nSPS) is 14.7. The third-order valence-electron chi connectivity index (χ3n) is 1.35. The van der Waals surface area contributed by atoms with E-state index in [0.29, 0.717) is 0 Å². The third kappa shape index (κ3) is 2.27. The van der Waals surface area contributed by atoms with Crippen LogP contribution >= 0.6 is 0 Å². The van der Waals surface area contributed by atoms with Crippen LogP contribution in [0.1, 0.15) is 5.76 Å². The summed E-state index contributed by atoms with van der Waals surface area (Å²) in [6.07, 6.45) is -6.19. The van der Waals surface area contributed by atoms with Crippen LogP contribution in [-0.4, -0.2) is 17.4 Å². The fourth-order valence-electron chi connectivity index (χ4n) is 0.735. The van der Waals surface area contributed by atoms with Crippen LogP contribution in [0.25, 0.3) is 0 Å². The molecule has 1 rings (SSSR count). The molecule has 2 nitrogen and oxygen atoms in total. The first-order valence-electron chi connectivity index (χ1n) is 3.27. The second kappa shape index (κ2) is 3.18. The summed E-state index contributed by atoms with van der Waals surface area (Å²) < 4.78 is 39.9. The van der Waals surface area contributed by atoms with Crippen LogP contribution in [0.3, 0.4) is 0 Å². The zero-order chi connectivity index (χ0) is 9.19. The molecule has 1 aromatic rings. The van der Waals surface area contributed by atoms with Crippen LogP contribution in [0.2, 0.25) is 0 Å². The zero-order valence-electron chi connectivity index (χ0n) is 6.01. The van der Waals surface area contributed by atoms with Gasteiger partial charge in [-0.25, -0.2) is 0 Å². The third-order valence-corrected chi connectivity index (χ3v) is 1.35. The number of hydrogen-bond acceptors (Lipinski definition) is 2. The highest BCUT2D eigenvalue weighted by Gasteiger charge is 2.38. The molecule has 0 aromatic carbocycles. The second-order valence-corrected chi connectivity index (χ2v) is 2.34. The van der Waals surface area contributed by atoms with Crippen LogP contribution in [0, 0.1) is 0 Å². The van der Waals surface area contributed by atoms with Gasteiger partial charge < -0.3 is 9.52 Å². The highest BCUT2D eigenvalue weighted by Crippen LogP contribution is 2.22. The Morgan fingerprint density at radius 3 is 2.58 bits per heavy atom. The van der Waals surface area contributed by atoms with Crippen molar-refractivity contribution in [3.63, 3.8) is 0 Å². The molecule has 0 spiro atoms. The van der Waals surface area contributed by atoms with Crippen molar-refractivity contribution in [2.45, 2.75) is 18.7 Å². The predicted octanol–water partition coefficient (Wildman–Crippen LogP) is 1.75. The molecule has 1 atom stereocenters. The number of aliphatic hydroxyl groups excluding tert-OH is 1. The molecule has 0 bridgehead atoms. The minimum absolute atomic E-state index is 0.125. The summed E-state index contributed by atoms with van der Waals surface area (Å²) in [4.78, 5) is 0. The molecule has 1 N–H and O–H groups in total. The molecular weight excluding hydrogens is 173 g/mol. The molecule has 0 aliphatic rings. The standard InChI is InChI=1S/C7H7F3O2/c8-7(9,10)6(11)4-5-2-1-3-12-5/h1-3,6,11H,4H2/t6-/m0/s1. The summed E-state index contributed by atoms with van der Waals surface area (Å²) in [6.45, 7) is 0. The smallest absolute Gasteiger partial charge is 0.414 e. The number of alkyl halides is 3. The average Bonchev–Trinajstić information content (AvgIpc) is 2.37. The predicted molar refractivity (Wildman–Crippen MR) is 34.5 cm³/mol. The number of halogens is 3. The molecule has 1 aromatic heterocycles. The minimum atomic E-state index is -4.58. The van der Waals surface area contributed by atoms with Gasteiger partial charge in [-0.05, 0) is 12.1 Å². The van der Waals surface area contributed by atoms with Crippen molar-refractivity contribution in [3.8, 4) is 0 Å². The highest BCUT2D eigenvalue weighted by molar-refractivity contribution is 5.00. The maximum Gasteiger partial charge on any atom is 0.414 e.